The maximum atomic E-state index is 12.4. The molecular formula is C19H20N2O4. The summed E-state index contributed by atoms with van der Waals surface area (Å²) in [6.07, 6.45) is 2.15. The van der Waals surface area contributed by atoms with Gasteiger partial charge in [-0.15, -0.1) is 0 Å². The van der Waals surface area contributed by atoms with Crippen LogP contribution in [0.3, 0.4) is 0 Å². The number of allylic oxidation sites excluding steroid dienone is 2. The smallest absolute Gasteiger partial charge is 0.299 e. The fraction of sp³-hybridized carbons (Fsp3) is 0.263. The van der Waals surface area contributed by atoms with E-state index in [9.17, 15) is 4.79 Å². The van der Waals surface area contributed by atoms with Gasteiger partial charge in [-0.25, -0.2) is 0 Å². The van der Waals surface area contributed by atoms with E-state index in [2.05, 4.69) is 16.5 Å². The fourth-order valence-corrected chi connectivity index (χ4v) is 2.68. The molecule has 0 unspecified atom stereocenters. The molecule has 0 aliphatic carbocycles. The molecular weight excluding hydrogens is 320 g/mol. The van der Waals surface area contributed by atoms with Gasteiger partial charge in [-0.2, -0.15) is 4.98 Å². The van der Waals surface area contributed by atoms with Crippen LogP contribution in [0, 0.1) is 0 Å². The van der Waals surface area contributed by atoms with Gasteiger partial charge in [0, 0.05) is 7.11 Å². The first-order chi connectivity index (χ1) is 12.1. The van der Waals surface area contributed by atoms with Crippen LogP contribution in [0.2, 0.25) is 0 Å². The summed E-state index contributed by atoms with van der Waals surface area (Å²) in [6.45, 7) is 5.95. The second-order valence-corrected chi connectivity index (χ2v) is 5.59. The topological polar surface area (TPSA) is 73.4 Å². The predicted molar refractivity (Wildman–Crippen MR) is 94.6 cm³/mol. The van der Waals surface area contributed by atoms with Crippen molar-refractivity contribution in [2.24, 2.45) is 0 Å². The van der Waals surface area contributed by atoms with Crippen LogP contribution in [-0.4, -0.2) is 23.7 Å². The zero-order chi connectivity index (χ0) is 17.8. The SMILES string of the molecule is C=C1C=C(CC)c2c(nc(OC[C@@H](OC)c3ccccc3)[nH]c2=O)O1. The lowest BCUT2D eigenvalue weighted by Gasteiger charge is -2.19. The number of aromatic nitrogens is 2. The van der Waals surface area contributed by atoms with Crippen molar-refractivity contribution in [3.05, 3.63) is 70.2 Å². The van der Waals surface area contributed by atoms with E-state index in [0.717, 1.165) is 11.1 Å². The molecule has 0 fully saturated rings. The van der Waals surface area contributed by atoms with E-state index in [4.69, 9.17) is 14.2 Å². The third kappa shape index (κ3) is 3.64. The third-order valence-corrected chi connectivity index (χ3v) is 3.96. The number of aromatic amines is 1. The average molecular weight is 340 g/mol. The van der Waals surface area contributed by atoms with Crippen LogP contribution in [-0.2, 0) is 4.74 Å². The minimum absolute atomic E-state index is 0.0897. The summed E-state index contributed by atoms with van der Waals surface area (Å²) < 4.78 is 16.6. The molecule has 1 N–H and O–H groups in total. The molecule has 1 aliphatic rings. The lowest BCUT2D eigenvalue weighted by atomic mass is 10.0. The first-order valence-electron chi connectivity index (χ1n) is 8.05. The summed E-state index contributed by atoms with van der Waals surface area (Å²) in [5.41, 5.74) is 1.94. The molecule has 0 spiro atoms. The van der Waals surface area contributed by atoms with Gasteiger partial charge in [-0.05, 0) is 23.6 Å². The van der Waals surface area contributed by atoms with Crippen molar-refractivity contribution in [1.29, 1.82) is 0 Å². The molecule has 0 bridgehead atoms. The molecule has 130 valence electrons. The van der Waals surface area contributed by atoms with Gasteiger partial charge in [-0.3, -0.25) is 9.78 Å². The Balaban J connectivity index is 1.82. The highest BCUT2D eigenvalue weighted by molar-refractivity contribution is 5.72. The summed E-state index contributed by atoms with van der Waals surface area (Å²) in [7, 11) is 1.61. The molecule has 1 atom stereocenters. The number of rotatable bonds is 6. The molecule has 1 aliphatic heterocycles. The molecule has 25 heavy (non-hydrogen) atoms. The number of fused-ring (bicyclic) bond motifs is 1. The monoisotopic (exact) mass is 340 g/mol. The molecule has 0 radical (unpaired) electrons. The molecule has 0 saturated heterocycles. The van der Waals surface area contributed by atoms with E-state index in [1.54, 1.807) is 13.2 Å². The molecule has 1 aromatic heterocycles. The van der Waals surface area contributed by atoms with Crippen LogP contribution in [0.5, 0.6) is 11.9 Å². The van der Waals surface area contributed by atoms with E-state index >= 15 is 0 Å². The molecule has 0 saturated carbocycles. The van der Waals surface area contributed by atoms with E-state index in [0.29, 0.717) is 17.7 Å². The van der Waals surface area contributed by atoms with Crippen LogP contribution in [0.1, 0.15) is 30.6 Å². The van der Waals surface area contributed by atoms with Crippen LogP contribution >= 0.6 is 0 Å². The molecule has 2 heterocycles. The van der Waals surface area contributed by atoms with Crippen molar-refractivity contribution in [3.8, 4) is 11.9 Å². The van der Waals surface area contributed by atoms with Crippen molar-refractivity contribution >= 4 is 5.57 Å². The first kappa shape index (κ1) is 17.0. The van der Waals surface area contributed by atoms with Gasteiger partial charge in [-0.1, -0.05) is 43.8 Å². The minimum atomic E-state index is -0.297. The normalized spacial score (nSPS) is 14.3. The van der Waals surface area contributed by atoms with Gasteiger partial charge in [0.1, 0.15) is 24.0 Å². The minimum Gasteiger partial charge on any atom is -0.462 e. The van der Waals surface area contributed by atoms with E-state index in [1.165, 1.54) is 0 Å². The zero-order valence-corrected chi connectivity index (χ0v) is 14.2. The van der Waals surface area contributed by atoms with E-state index in [1.807, 2.05) is 37.3 Å². The number of ether oxygens (including phenoxy) is 3. The Kier molecular flexibility index (Phi) is 5.00. The lowest BCUT2D eigenvalue weighted by Crippen LogP contribution is -2.21. The quantitative estimate of drug-likeness (QED) is 0.874. The predicted octanol–water partition coefficient (Wildman–Crippen LogP) is 3.24. The highest BCUT2D eigenvalue weighted by Gasteiger charge is 2.22. The Morgan fingerprint density at radius 1 is 1.32 bits per heavy atom. The Morgan fingerprint density at radius 3 is 2.76 bits per heavy atom. The van der Waals surface area contributed by atoms with Crippen molar-refractivity contribution in [3.63, 3.8) is 0 Å². The summed E-state index contributed by atoms with van der Waals surface area (Å²) in [4.78, 5) is 19.3. The number of benzene rings is 1. The van der Waals surface area contributed by atoms with Gasteiger partial charge in [0.15, 0.2) is 0 Å². The highest BCUT2D eigenvalue weighted by atomic mass is 16.5. The number of hydrogen-bond donors (Lipinski definition) is 1. The largest absolute Gasteiger partial charge is 0.462 e. The number of methoxy groups -OCH3 is 1. The molecule has 3 rings (SSSR count). The molecule has 0 amide bonds. The zero-order valence-electron chi connectivity index (χ0n) is 14.2. The van der Waals surface area contributed by atoms with Crippen molar-refractivity contribution < 1.29 is 14.2 Å². The summed E-state index contributed by atoms with van der Waals surface area (Å²) in [5.74, 6) is 0.671. The standard InChI is InChI=1S/C19H20N2O4/c1-4-13-10-12(2)25-18-16(13)17(22)20-19(21-18)24-11-15(23-3)14-8-6-5-7-9-14/h5-10,15H,2,4,11H2,1,3H3,(H,20,21,22)/t15-/m1/s1. The third-order valence-electron chi connectivity index (χ3n) is 3.96. The fourth-order valence-electron chi connectivity index (χ4n) is 2.68. The molecule has 6 heteroatoms. The summed E-state index contributed by atoms with van der Waals surface area (Å²) in [6, 6.07) is 9.78. The van der Waals surface area contributed by atoms with E-state index < -0.39 is 0 Å². The number of nitrogens with zero attached hydrogens (tertiary/aromatic N) is 1. The average Bonchev–Trinajstić information content (AvgIpc) is 2.62. The summed E-state index contributed by atoms with van der Waals surface area (Å²) in [5, 5.41) is 0. The highest BCUT2D eigenvalue weighted by Crippen LogP contribution is 2.31. The van der Waals surface area contributed by atoms with Gasteiger partial charge in [0.25, 0.3) is 11.6 Å². The maximum Gasteiger partial charge on any atom is 0.299 e. The molecule has 2 aromatic rings. The van der Waals surface area contributed by atoms with Gasteiger partial charge < -0.3 is 14.2 Å². The maximum absolute atomic E-state index is 12.4. The number of hydrogen-bond acceptors (Lipinski definition) is 5. The summed E-state index contributed by atoms with van der Waals surface area (Å²) >= 11 is 0. The second kappa shape index (κ2) is 7.36. The van der Waals surface area contributed by atoms with Gasteiger partial charge in [0.05, 0.1) is 0 Å². The Bertz CT molecular complexity index is 855. The lowest BCUT2D eigenvalue weighted by molar-refractivity contribution is 0.0538. The van der Waals surface area contributed by atoms with Crippen LogP contribution in [0.15, 0.2) is 53.5 Å². The molecule has 6 nitrogen and oxygen atoms in total. The number of nitrogens with one attached hydrogen (secondary N) is 1. The Morgan fingerprint density at radius 2 is 2.08 bits per heavy atom. The van der Waals surface area contributed by atoms with E-state index in [-0.39, 0.29) is 30.2 Å². The molecule has 1 aromatic carbocycles. The van der Waals surface area contributed by atoms with Crippen LogP contribution in [0.4, 0.5) is 0 Å². The first-order valence-corrected chi connectivity index (χ1v) is 8.05. The Hall–Kier alpha value is -2.86. The number of H-pyrrole nitrogens is 1. The van der Waals surface area contributed by atoms with Crippen LogP contribution < -0.4 is 15.0 Å². The van der Waals surface area contributed by atoms with Gasteiger partial charge in [0.2, 0.25) is 5.88 Å². The van der Waals surface area contributed by atoms with Gasteiger partial charge >= 0.3 is 0 Å². The van der Waals surface area contributed by atoms with Crippen LogP contribution in [0.25, 0.3) is 5.57 Å². The van der Waals surface area contributed by atoms with Crippen molar-refractivity contribution in [2.45, 2.75) is 19.4 Å². The van der Waals surface area contributed by atoms with Crippen molar-refractivity contribution in [1.82, 2.24) is 9.97 Å². The Labute approximate surface area is 145 Å². The second-order valence-electron chi connectivity index (χ2n) is 5.59. The van der Waals surface area contributed by atoms with Crippen molar-refractivity contribution in [2.75, 3.05) is 13.7 Å².